The van der Waals surface area contributed by atoms with Crippen LogP contribution in [0.1, 0.15) is 11.1 Å². The lowest BCUT2D eigenvalue weighted by molar-refractivity contribution is -0.143. The maximum atomic E-state index is 13.0. The van der Waals surface area contributed by atoms with E-state index in [1.807, 2.05) is 19.0 Å². The van der Waals surface area contributed by atoms with Crippen LogP contribution in [0.2, 0.25) is 0 Å². The Morgan fingerprint density at radius 3 is 1.91 bits per heavy atom. The highest BCUT2D eigenvalue weighted by atomic mass is 19.4. The van der Waals surface area contributed by atoms with Crippen molar-refractivity contribution in [3.8, 4) is 0 Å². The summed E-state index contributed by atoms with van der Waals surface area (Å²) in [4.78, 5) is 17.4. The van der Waals surface area contributed by atoms with Crippen LogP contribution in [0.25, 0.3) is 0 Å². The Morgan fingerprint density at radius 1 is 0.906 bits per heavy atom. The van der Waals surface area contributed by atoms with E-state index < -0.39 is 35.2 Å². The summed E-state index contributed by atoms with van der Waals surface area (Å²) in [5.74, 6) is 1.27. The fourth-order valence-corrected chi connectivity index (χ4v) is 3.09. The van der Waals surface area contributed by atoms with Gasteiger partial charge in [-0.3, -0.25) is 0 Å². The fourth-order valence-electron chi connectivity index (χ4n) is 3.09. The summed E-state index contributed by atoms with van der Waals surface area (Å²) in [7, 11) is 3.65. The van der Waals surface area contributed by atoms with Crippen molar-refractivity contribution < 1.29 is 31.1 Å². The summed E-state index contributed by atoms with van der Waals surface area (Å²) in [6.45, 7) is 1.15. The van der Waals surface area contributed by atoms with Gasteiger partial charge in [-0.1, -0.05) is 0 Å². The van der Waals surface area contributed by atoms with E-state index in [9.17, 15) is 31.1 Å². The van der Waals surface area contributed by atoms with Crippen molar-refractivity contribution in [2.24, 2.45) is 0 Å². The molecule has 2 amide bonds. The highest BCUT2D eigenvalue weighted by molar-refractivity contribution is 5.89. The van der Waals surface area contributed by atoms with Crippen molar-refractivity contribution in [1.82, 2.24) is 15.1 Å². The van der Waals surface area contributed by atoms with Gasteiger partial charge < -0.3 is 20.0 Å². The number of aromatic nitrogens is 2. The third kappa shape index (κ3) is 5.51. The second-order valence-corrected chi connectivity index (χ2v) is 7.34. The Hall–Kier alpha value is -3.25. The lowest BCUT2D eigenvalue weighted by Gasteiger charge is -2.35. The van der Waals surface area contributed by atoms with Crippen LogP contribution in [-0.2, 0) is 12.4 Å². The van der Waals surface area contributed by atoms with Crippen molar-refractivity contribution in [2.45, 2.75) is 12.4 Å². The minimum Gasteiger partial charge on any atom is -0.361 e. The molecule has 0 bridgehead atoms. The standard InChI is InChI=1S/C19H20F6N6O/c1-29(2)15-3-4-16(28-27-15)30-5-7-31(8-6-30)17(32)26-14-10-12(18(20,21)22)9-13(11-14)19(23,24)25/h3-4,9-11H,5-8H2,1-2H3,(H,26,32). The Balaban J connectivity index is 1.67. The third-order valence-corrected chi connectivity index (χ3v) is 4.82. The predicted molar refractivity (Wildman–Crippen MR) is 106 cm³/mol. The first-order chi connectivity index (χ1) is 14.8. The maximum Gasteiger partial charge on any atom is 0.416 e. The van der Waals surface area contributed by atoms with Crippen LogP contribution >= 0.6 is 0 Å². The molecule has 0 spiro atoms. The van der Waals surface area contributed by atoms with Crippen molar-refractivity contribution in [3.63, 3.8) is 0 Å². The molecule has 1 fully saturated rings. The molecule has 0 radical (unpaired) electrons. The van der Waals surface area contributed by atoms with Crippen molar-refractivity contribution in [2.75, 3.05) is 55.4 Å². The van der Waals surface area contributed by atoms with E-state index in [4.69, 9.17) is 0 Å². The van der Waals surface area contributed by atoms with Gasteiger partial charge in [0, 0.05) is 46.0 Å². The third-order valence-electron chi connectivity index (χ3n) is 4.82. The quantitative estimate of drug-likeness (QED) is 0.701. The number of piperazine rings is 1. The summed E-state index contributed by atoms with van der Waals surface area (Å²) in [5, 5.41) is 10.4. The molecule has 1 aliphatic rings. The minimum atomic E-state index is -4.99. The van der Waals surface area contributed by atoms with Crippen LogP contribution in [0, 0.1) is 0 Å². The number of halogens is 6. The zero-order valence-electron chi connectivity index (χ0n) is 17.1. The molecular formula is C19H20F6N6O. The number of nitrogens with zero attached hydrogens (tertiary/aromatic N) is 5. The minimum absolute atomic E-state index is 0.0109. The van der Waals surface area contributed by atoms with E-state index in [0.717, 1.165) is 0 Å². The second-order valence-electron chi connectivity index (χ2n) is 7.34. The highest BCUT2D eigenvalue weighted by Crippen LogP contribution is 2.37. The Labute approximate surface area is 179 Å². The number of anilines is 3. The molecule has 3 rings (SSSR count). The summed E-state index contributed by atoms with van der Waals surface area (Å²) in [6.07, 6.45) is -9.98. The predicted octanol–water partition coefficient (Wildman–Crippen LogP) is 3.93. The molecular weight excluding hydrogens is 442 g/mol. The van der Waals surface area contributed by atoms with Crippen molar-refractivity contribution in [1.29, 1.82) is 0 Å². The van der Waals surface area contributed by atoms with Crippen molar-refractivity contribution in [3.05, 3.63) is 41.5 Å². The molecule has 0 unspecified atom stereocenters. The van der Waals surface area contributed by atoms with Crippen LogP contribution in [0.5, 0.6) is 0 Å². The molecule has 1 aliphatic heterocycles. The average Bonchev–Trinajstić information content (AvgIpc) is 2.72. The lowest BCUT2D eigenvalue weighted by atomic mass is 10.1. The van der Waals surface area contributed by atoms with E-state index in [-0.39, 0.29) is 19.2 Å². The Kier molecular flexibility index (Phi) is 6.37. The Morgan fingerprint density at radius 2 is 1.47 bits per heavy atom. The number of hydrogen-bond donors (Lipinski definition) is 1. The first kappa shape index (κ1) is 23.4. The van der Waals surface area contributed by atoms with E-state index in [1.54, 1.807) is 17.0 Å². The van der Waals surface area contributed by atoms with Crippen LogP contribution in [0.15, 0.2) is 30.3 Å². The zero-order chi connectivity index (χ0) is 23.7. The smallest absolute Gasteiger partial charge is 0.361 e. The molecule has 1 aromatic heterocycles. The normalized spacial score (nSPS) is 15.0. The second kappa shape index (κ2) is 8.71. The summed E-state index contributed by atoms with van der Waals surface area (Å²) < 4.78 is 78.0. The maximum absolute atomic E-state index is 13.0. The first-order valence-corrected chi connectivity index (χ1v) is 9.46. The van der Waals surface area contributed by atoms with Gasteiger partial charge in [0.15, 0.2) is 11.6 Å². The molecule has 1 saturated heterocycles. The van der Waals surface area contributed by atoms with Crippen LogP contribution in [0.3, 0.4) is 0 Å². The van der Waals surface area contributed by atoms with Crippen LogP contribution in [-0.4, -0.2) is 61.4 Å². The van der Waals surface area contributed by atoms with E-state index >= 15 is 0 Å². The van der Waals surface area contributed by atoms with Gasteiger partial charge in [-0.15, -0.1) is 10.2 Å². The van der Waals surface area contributed by atoms with Gasteiger partial charge in [0.1, 0.15) is 0 Å². The van der Waals surface area contributed by atoms with E-state index in [2.05, 4.69) is 15.5 Å². The van der Waals surface area contributed by atoms with E-state index in [0.29, 0.717) is 36.9 Å². The van der Waals surface area contributed by atoms with Crippen LogP contribution in [0.4, 0.5) is 48.5 Å². The SMILES string of the molecule is CN(C)c1ccc(N2CCN(C(=O)Nc3cc(C(F)(F)F)cc(C(F)(F)F)c3)CC2)nn1. The van der Waals surface area contributed by atoms with Gasteiger partial charge in [-0.25, -0.2) is 4.79 Å². The molecule has 32 heavy (non-hydrogen) atoms. The van der Waals surface area contributed by atoms with Gasteiger partial charge in [0.25, 0.3) is 0 Å². The number of benzene rings is 1. The van der Waals surface area contributed by atoms with Crippen LogP contribution < -0.4 is 15.1 Å². The van der Waals surface area contributed by atoms with Gasteiger partial charge in [0.05, 0.1) is 11.1 Å². The number of alkyl halides is 6. The number of rotatable bonds is 3. The van der Waals surface area contributed by atoms with Gasteiger partial charge in [0.2, 0.25) is 0 Å². The number of hydrogen-bond acceptors (Lipinski definition) is 5. The molecule has 0 aliphatic carbocycles. The summed E-state index contributed by atoms with van der Waals surface area (Å²) in [5.41, 5.74) is -3.57. The Bertz CT molecular complexity index is 920. The molecule has 13 heteroatoms. The largest absolute Gasteiger partial charge is 0.416 e. The molecule has 2 aromatic rings. The van der Waals surface area contributed by atoms with Gasteiger partial charge in [-0.05, 0) is 30.3 Å². The fraction of sp³-hybridized carbons (Fsp3) is 0.421. The number of carbonyl (C=O) groups excluding carboxylic acids is 1. The zero-order valence-corrected chi connectivity index (χ0v) is 17.1. The number of nitrogens with one attached hydrogen (secondary N) is 1. The molecule has 7 nitrogen and oxygen atoms in total. The summed E-state index contributed by atoms with van der Waals surface area (Å²) >= 11 is 0. The topological polar surface area (TPSA) is 64.6 Å². The first-order valence-electron chi connectivity index (χ1n) is 9.46. The molecule has 1 N–H and O–H groups in total. The van der Waals surface area contributed by atoms with Crippen molar-refractivity contribution >= 4 is 23.4 Å². The number of carbonyl (C=O) groups is 1. The average molecular weight is 462 g/mol. The molecule has 2 heterocycles. The number of amides is 2. The molecule has 0 atom stereocenters. The van der Waals surface area contributed by atoms with Gasteiger partial charge in [-0.2, -0.15) is 26.3 Å². The molecule has 174 valence electrons. The molecule has 0 saturated carbocycles. The monoisotopic (exact) mass is 462 g/mol. The molecule has 1 aromatic carbocycles. The summed E-state index contributed by atoms with van der Waals surface area (Å²) in [6, 6.07) is 3.74. The number of urea groups is 1. The van der Waals surface area contributed by atoms with E-state index in [1.165, 1.54) is 4.90 Å². The van der Waals surface area contributed by atoms with Gasteiger partial charge >= 0.3 is 18.4 Å². The lowest BCUT2D eigenvalue weighted by Crippen LogP contribution is -2.50. The highest BCUT2D eigenvalue weighted by Gasteiger charge is 2.37.